The third-order valence-electron chi connectivity index (χ3n) is 4.02. The number of hydrogen-bond donors (Lipinski definition) is 1. The van der Waals surface area contributed by atoms with Crippen LogP contribution >= 0.6 is 0 Å². The first kappa shape index (κ1) is 17.1. The summed E-state index contributed by atoms with van der Waals surface area (Å²) in [6, 6.07) is 15.5. The summed E-state index contributed by atoms with van der Waals surface area (Å²) in [5.74, 6) is 0.795. The van der Waals surface area contributed by atoms with Crippen LogP contribution in [0.5, 0.6) is 5.75 Å². The summed E-state index contributed by atoms with van der Waals surface area (Å²) in [7, 11) is 1.65. The fraction of sp³-hybridized carbons (Fsp3) is 0.350. The number of amides is 1. The van der Waals surface area contributed by atoms with Crippen LogP contribution in [0.1, 0.15) is 32.4 Å². The predicted octanol–water partition coefficient (Wildman–Crippen LogP) is 4.60. The quantitative estimate of drug-likeness (QED) is 0.868. The van der Waals surface area contributed by atoms with Crippen LogP contribution in [0.3, 0.4) is 0 Å². The fourth-order valence-electron chi connectivity index (χ4n) is 2.97. The minimum Gasteiger partial charge on any atom is -0.496 e. The summed E-state index contributed by atoms with van der Waals surface area (Å²) in [6.45, 7) is 6.08. The monoisotopic (exact) mass is 340 g/mol. The molecular weight excluding hydrogens is 316 g/mol. The molecule has 2 aromatic rings. The van der Waals surface area contributed by atoms with Gasteiger partial charge >= 0.3 is 6.09 Å². The predicted molar refractivity (Wildman–Crippen MR) is 99.4 cm³/mol. The van der Waals surface area contributed by atoms with Crippen LogP contribution in [0, 0.1) is 0 Å². The van der Waals surface area contributed by atoms with Gasteiger partial charge in [0.25, 0.3) is 0 Å². The lowest BCUT2D eigenvalue weighted by Gasteiger charge is -2.37. The molecule has 25 heavy (non-hydrogen) atoms. The highest BCUT2D eigenvalue weighted by Gasteiger charge is 2.32. The molecule has 1 heterocycles. The molecule has 0 saturated heterocycles. The van der Waals surface area contributed by atoms with Gasteiger partial charge in [-0.1, -0.05) is 30.3 Å². The zero-order chi connectivity index (χ0) is 18.0. The summed E-state index contributed by atoms with van der Waals surface area (Å²) in [5.41, 5.74) is 2.18. The number of para-hydroxylation sites is 3. The van der Waals surface area contributed by atoms with Gasteiger partial charge in [-0.15, -0.1) is 0 Å². The third kappa shape index (κ3) is 3.71. The van der Waals surface area contributed by atoms with Crippen LogP contribution in [0.25, 0.3) is 0 Å². The smallest absolute Gasteiger partial charge is 0.414 e. The molecule has 5 heteroatoms. The van der Waals surface area contributed by atoms with Gasteiger partial charge in [0.15, 0.2) is 0 Å². The normalized spacial score (nSPS) is 16.6. The Morgan fingerprint density at radius 1 is 1.12 bits per heavy atom. The number of nitrogens with one attached hydrogen (secondary N) is 1. The minimum absolute atomic E-state index is 0.0847. The van der Waals surface area contributed by atoms with Crippen LogP contribution in [0.15, 0.2) is 48.5 Å². The van der Waals surface area contributed by atoms with Crippen LogP contribution in [0.4, 0.5) is 16.2 Å². The van der Waals surface area contributed by atoms with Crippen molar-refractivity contribution in [2.24, 2.45) is 0 Å². The maximum Gasteiger partial charge on any atom is 0.414 e. The second-order valence-corrected chi connectivity index (χ2v) is 7.05. The van der Waals surface area contributed by atoms with Crippen LogP contribution < -0.4 is 15.0 Å². The van der Waals surface area contributed by atoms with Crippen molar-refractivity contribution in [3.63, 3.8) is 0 Å². The van der Waals surface area contributed by atoms with E-state index >= 15 is 0 Å². The van der Waals surface area contributed by atoms with Gasteiger partial charge in [0.1, 0.15) is 11.4 Å². The van der Waals surface area contributed by atoms with Gasteiger partial charge in [-0.2, -0.15) is 0 Å². The van der Waals surface area contributed by atoms with Gasteiger partial charge in [0, 0.05) is 5.56 Å². The van der Waals surface area contributed by atoms with Crippen molar-refractivity contribution in [3.05, 3.63) is 54.1 Å². The van der Waals surface area contributed by atoms with E-state index < -0.39 is 5.60 Å². The van der Waals surface area contributed by atoms with E-state index in [4.69, 9.17) is 9.47 Å². The number of benzene rings is 2. The molecule has 0 fully saturated rings. The number of ether oxygens (including phenoxy) is 2. The molecule has 0 bridgehead atoms. The largest absolute Gasteiger partial charge is 0.496 e. The van der Waals surface area contributed by atoms with Crippen molar-refractivity contribution in [1.82, 2.24) is 0 Å². The average Bonchev–Trinajstić information content (AvgIpc) is 2.59. The molecule has 0 unspecified atom stereocenters. The molecule has 1 atom stereocenters. The van der Waals surface area contributed by atoms with Crippen molar-refractivity contribution >= 4 is 17.5 Å². The first-order valence-electron chi connectivity index (χ1n) is 8.38. The highest BCUT2D eigenvalue weighted by atomic mass is 16.6. The summed E-state index contributed by atoms with van der Waals surface area (Å²) in [5, 5.41) is 3.51. The van der Waals surface area contributed by atoms with Crippen molar-refractivity contribution < 1.29 is 14.3 Å². The number of carbonyl (C=O) groups excluding carboxylic acids is 1. The Morgan fingerprint density at radius 3 is 2.52 bits per heavy atom. The van der Waals surface area contributed by atoms with Gasteiger partial charge in [-0.05, 0) is 39.0 Å². The Morgan fingerprint density at radius 2 is 1.80 bits per heavy atom. The first-order valence-corrected chi connectivity index (χ1v) is 8.38. The molecule has 0 saturated carbocycles. The van der Waals surface area contributed by atoms with E-state index in [9.17, 15) is 4.79 Å². The number of nitrogens with zero attached hydrogens (tertiary/aromatic N) is 1. The van der Waals surface area contributed by atoms with Crippen LogP contribution in [-0.2, 0) is 4.74 Å². The van der Waals surface area contributed by atoms with Gasteiger partial charge in [0.2, 0.25) is 0 Å². The molecular formula is C20H24N2O3. The van der Waals surface area contributed by atoms with Crippen molar-refractivity contribution in [2.75, 3.05) is 23.9 Å². The number of hydrogen-bond acceptors (Lipinski definition) is 4. The molecule has 1 amide bonds. The Bertz CT molecular complexity index is 768. The molecule has 0 spiro atoms. The highest BCUT2D eigenvalue weighted by Crippen LogP contribution is 2.38. The Labute approximate surface area is 148 Å². The SMILES string of the molecule is COc1ccccc1[C@@H]1CN(C(=O)OC(C)(C)C)c2ccccc2N1. The lowest BCUT2D eigenvalue weighted by atomic mass is 10.0. The van der Waals surface area contributed by atoms with Crippen LogP contribution in [-0.4, -0.2) is 25.3 Å². The van der Waals surface area contributed by atoms with E-state index in [-0.39, 0.29) is 12.1 Å². The number of methoxy groups -OCH3 is 1. The Balaban J connectivity index is 1.97. The molecule has 1 aliphatic rings. The third-order valence-corrected chi connectivity index (χ3v) is 4.02. The van der Waals surface area contributed by atoms with Gasteiger partial charge in [-0.25, -0.2) is 4.79 Å². The molecule has 1 aliphatic heterocycles. The second-order valence-electron chi connectivity index (χ2n) is 7.05. The number of rotatable bonds is 2. The van der Waals surface area contributed by atoms with Gasteiger partial charge < -0.3 is 14.8 Å². The molecule has 3 rings (SSSR count). The van der Waals surface area contributed by atoms with Gasteiger partial charge in [0.05, 0.1) is 31.1 Å². The van der Waals surface area contributed by atoms with E-state index in [0.717, 1.165) is 22.7 Å². The van der Waals surface area contributed by atoms with E-state index in [1.807, 2.05) is 69.3 Å². The molecule has 2 aromatic carbocycles. The first-order chi connectivity index (χ1) is 11.9. The topological polar surface area (TPSA) is 50.8 Å². The lowest BCUT2D eigenvalue weighted by molar-refractivity contribution is 0.0577. The van der Waals surface area contributed by atoms with E-state index in [1.165, 1.54) is 0 Å². The fourth-order valence-corrected chi connectivity index (χ4v) is 2.97. The zero-order valence-corrected chi connectivity index (χ0v) is 15.1. The maximum absolute atomic E-state index is 12.8. The number of anilines is 2. The standard InChI is InChI=1S/C20H24N2O3/c1-20(2,3)25-19(23)22-13-16(14-9-5-8-12-18(14)24-4)21-15-10-6-7-11-17(15)22/h5-12,16,21H,13H2,1-4H3/t16-/m0/s1. The van der Waals surface area contributed by atoms with Crippen molar-refractivity contribution in [3.8, 4) is 5.75 Å². The Hall–Kier alpha value is -2.69. The van der Waals surface area contributed by atoms with Gasteiger partial charge in [-0.3, -0.25) is 4.90 Å². The Kier molecular flexibility index (Phi) is 4.57. The number of fused-ring (bicyclic) bond motifs is 1. The maximum atomic E-state index is 12.8. The molecule has 1 N–H and O–H groups in total. The minimum atomic E-state index is -0.545. The summed E-state index contributed by atoms with van der Waals surface area (Å²) < 4.78 is 11.1. The van der Waals surface area contributed by atoms with E-state index in [0.29, 0.717) is 6.54 Å². The van der Waals surface area contributed by atoms with E-state index in [1.54, 1.807) is 12.0 Å². The molecule has 5 nitrogen and oxygen atoms in total. The second kappa shape index (κ2) is 6.67. The summed E-state index contributed by atoms with van der Waals surface area (Å²) >= 11 is 0. The molecule has 132 valence electrons. The molecule has 0 radical (unpaired) electrons. The number of carbonyl (C=O) groups is 1. The highest BCUT2D eigenvalue weighted by molar-refractivity contribution is 5.94. The van der Waals surface area contributed by atoms with Crippen molar-refractivity contribution in [2.45, 2.75) is 32.4 Å². The van der Waals surface area contributed by atoms with E-state index in [2.05, 4.69) is 5.32 Å². The van der Waals surface area contributed by atoms with Crippen molar-refractivity contribution in [1.29, 1.82) is 0 Å². The average molecular weight is 340 g/mol. The van der Waals surface area contributed by atoms with Crippen LogP contribution in [0.2, 0.25) is 0 Å². The lowest BCUT2D eigenvalue weighted by Crippen LogP contribution is -2.43. The molecule has 0 aliphatic carbocycles. The summed E-state index contributed by atoms with van der Waals surface area (Å²) in [6.07, 6.45) is -0.346. The molecule has 0 aromatic heterocycles. The summed E-state index contributed by atoms with van der Waals surface area (Å²) in [4.78, 5) is 14.4. The zero-order valence-electron chi connectivity index (χ0n) is 15.1.